The fraction of sp³-hybridized carbons (Fsp3) is 0.538. The normalized spacial score (nSPS) is 18.0. The van der Waals surface area contributed by atoms with Crippen molar-refractivity contribution in [1.29, 1.82) is 0 Å². The summed E-state index contributed by atoms with van der Waals surface area (Å²) in [6.45, 7) is 5.58. The largest absolute Gasteiger partial charge is 0.496 e. The molecular formula is C13H17ClO2. The Balaban J connectivity index is 2.43. The lowest BCUT2D eigenvalue weighted by Gasteiger charge is -2.40. The summed E-state index contributed by atoms with van der Waals surface area (Å²) >= 11 is 6.06. The van der Waals surface area contributed by atoms with Gasteiger partial charge in [-0.1, -0.05) is 12.1 Å². The van der Waals surface area contributed by atoms with E-state index in [4.69, 9.17) is 21.1 Å². The van der Waals surface area contributed by atoms with Crippen molar-refractivity contribution >= 4 is 11.6 Å². The van der Waals surface area contributed by atoms with Crippen LogP contribution in [-0.2, 0) is 10.2 Å². The molecule has 2 rings (SSSR count). The first-order valence-electron chi connectivity index (χ1n) is 5.42. The van der Waals surface area contributed by atoms with Crippen molar-refractivity contribution in [1.82, 2.24) is 0 Å². The molecule has 0 saturated carbocycles. The molecule has 16 heavy (non-hydrogen) atoms. The molecule has 0 aliphatic carbocycles. The first-order valence-corrected chi connectivity index (χ1v) is 5.96. The average Bonchev–Trinajstić information content (AvgIpc) is 2.16. The van der Waals surface area contributed by atoms with Gasteiger partial charge in [0.25, 0.3) is 0 Å². The van der Waals surface area contributed by atoms with E-state index in [1.807, 2.05) is 0 Å². The van der Waals surface area contributed by atoms with E-state index in [0.717, 1.165) is 30.1 Å². The monoisotopic (exact) mass is 240 g/mol. The van der Waals surface area contributed by atoms with Gasteiger partial charge in [0.2, 0.25) is 0 Å². The summed E-state index contributed by atoms with van der Waals surface area (Å²) in [5.74, 6) is 1.58. The quantitative estimate of drug-likeness (QED) is 0.757. The molecule has 0 radical (unpaired) electrons. The van der Waals surface area contributed by atoms with Crippen LogP contribution in [0.1, 0.15) is 16.7 Å². The van der Waals surface area contributed by atoms with Crippen molar-refractivity contribution in [3.63, 3.8) is 0 Å². The van der Waals surface area contributed by atoms with Crippen LogP contribution < -0.4 is 4.74 Å². The van der Waals surface area contributed by atoms with Crippen molar-refractivity contribution in [3.05, 3.63) is 28.8 Å². The summed E-state index contributed by atoms with van der Waals surface area (Å²) in [6, 6.07) is 4.33. The van der Waals surface area contributed by atoms with Gasteiger partial charge in [-0.25, -0.2) is 0 Å². The minimum absolute atomic E-state index is 0.0172. The molecule has 1 aliphatic rings. The summed E-state index contributed by atoms with van der Waals surface area (Å²) in [5, 5.41) is 0. The highest BCUT2D eigenvalue weighted by atomic mass is 35.5. The molecule has 0 atom stereocenters. The van der Waals surface area contributed by atoms with E-state index in [1.54, 1.807) is 7.11 Å². The fourth-order valence-electron chi connectivity index (χ4n) is 2.25. The van der Waals surface area contributed by atoms with Gasteiger partial charge in [0.05, 0.1) is 25.7 Å². The standard InChI is InChI=1S/C13H17ClO2/c1-9-4-11(5-10(2)12(9)15-3)13(6-14)7-16-8-13/h4-5H,6-8H2,1-3H3. The Morgan fingerprint density at radius 3 is 2.19 bits per heavy atom. The van der Waals surface area contributed by atoms with E-state index in [-0.39, 0.29) is 5.41 Å². The fourth-order valence-corrected chi connectivity index (χ4v) is 2.56. The molecule has 0 bridgehead atoms. The van der Waals surface area contributed by atoms with Crippen LogP contribution in [0.3, 0.4) is 0 Å². The van der Waals surface area contributed by atoms with E-state index in [2.05, 4.69) is 26.0 Å². The van der Waals surface area contributed by atoms with E-state index < -0.39 is 0 Å². The molecule has 0 unspecified atom stereocenters. The van der Waals surface area contributed by atoms with Crippen LogP contribution in [0.5, 0.6) is 5.75 Å². The highest BCUT2D eigenvalue weighted by Gasteiger charge is 2.40. The van der Waals surface area contributed by atoms with E-state index in [0.29, 0.717) is 5.88 Å². The predicted octanol–water partition coefficient (Wildman–Crippen LogP) is 2.82. The minimum atomic E-state index is 0.0172. The van der Waals surface area contributed by atoms with Crippen LogP contribution in [0.2, 0.25) is 0 Å². The molecule has 1 fully saturated rings. The third-order valence-electron chi connectivity index (χ3n) is 3.29. The second kappa shape index (κ2) is 4.27. The second-order valence-electron chi connectivity index (χ2n) is 4.55. The zero-order valence-electron chi connectivity index (χ0n) is 9.97. The van der Waals surface area contributed by atoms with Crippen LogP contribution in [0, 0.1) is 13.8 Å². The third kappa shape index (κ3) is 1.70. The molecule has 88 valence electrons. The number of alkyl halides is 1. The molecule has 1 aromatic rings. The Hall–Kier alpha value is -0.730. The molecule has 1 aromatic carbocycles. The summed E-state index contributed by atoms with van der Waals surface area (Å²) in [5.41, 5.74) is 3.61. The van der Waals surface area contributed by atoms with Gasteiger partial charge in [-0.15, -0.1) is 11.6 Å². The molecule has 0 spiro atoms. The van der Waals surface area contributed by atoms with E-state index >= 15 is 0 Å². The van der Waals surface area contributed by atoms with Crippen molar-refractivity contribution in [2.45, 2.75) is 19.3 Å². The number of benzene rings is 1. The number of hydrogen-bond donors (Lipinski definition) is 0. The summed E-state index contributed by atoms with van der Waals surface area (Å²) in [6.07, 6.45) is 0. The lowest BCUT2D eigenvalue weighted by molar-refractivity contribution is -0.0480. The van der Waals surface area contributed by atoms with Crippen LogP contribution in [0.4, 0.5) is 0 Å². The second-order valence-corrected chi connectivity index (χ2v) is 4.82. The average molecular weight is 241 g/mol. The molecule has 1 aliphatic heterocycles. The van der Waals surface area contributed by atoms with Crippen LogP contribution in [0.15, 0.2) is 12.1 Å². The van der Waals surface area contributed by atoms with Gasteiger partial charge in [0.15, 0.2) is 0 Å². The number of ether oxygens (including phenoxy) is 2. The number of halogens is 1. The Kier molecular flexibility index (Phi) is 3.13. The highest BCUT2D eigenvalue weighted by molar-refractivity contribution is 6.18. The maximum atomic E-state index is 6.06. The molecule has 0 N–H and O–H groups in total. The highest BCUT2D eigenvalue weighted by Crippen LogP contribution is 2.37. The van der Waals surface area contributed by atoms with Crippen molar-refractivity contribution in [3.8, 4) is 5.75 Å². The molecule has 2 nitrogen and oxygen atoms in total. The van der Waals surface area contributed by atoms with Gasteiger partial charge >= 0.3 is 0 Å². The van der Waals surface area contributed by atoms with Crippen molar-refractivity contribution in [2.75, 3.05) is 26.2 Å². The maximum Gasteiger partial charge on any atom is 0.124 e. The van der Waals surface area contributed by atoms with Gasteiger partial charge in [-0.2, -0.15) is 0 Å². The van der Waals surface area contributed by atoms with Gasteiger partial charge in [0, 0.05) is 5.88 Å². The number of hydrogen-bond acceptors (Lipinski definition) is 2. The van der Waals surface area contributed by atoms with Crippen LogP contribution >= 0.6 is 11.6 Å². The van der Waals surface area contributed by atoms with Gasteiger partial charge in [0.1, 0.15) is 5.75 Å². The van der Waals surface area contributed by atoms with E-state index in [1.165, 1.54) is 5.56 Å². The number of methoxy groups -OCH3 is 1. The zero-order chi connectivity index (χ0) is 11.8. The molecule has 0 amide bonds. The first-order chi connectivity index (χ1) is 7.63. The zero-order valence-corrected chi connectivity index (χ0v) is 10.7. The molecule has 1 saturated heterocycles. The Bertz CT molecular complexity index is 368. The van der Waals surface area contributed by atoms with Crippen LogP contribution in [0.25, 0.3) is 0 Å². The van der Waals surface area contributed by atoms with E-state index in [9.17, 15) is 0 Å². The van der Waals surface area contributed by atoms with Gasteiger partial charge in [-0.05, 0) is 30.5 Å². The Labute approximate surface area is 102 Å². The Morgan fingerprint density at radius 2 is 1.88 bits per heavy atom. The number of aryl methyl sites for hydroxylation is 2. The van der Waals surface area contributed by atoms with Gasteiger partial charge in [-0.3, -0.25) is 0 Å². The summed E-state index contributed by atoms with van der Waals surface area (Å²) < 4.78 is 10.7. The maximum absolute atomic E-state index is 6.06. The molecule has 3 heteroatoms. The number of rotatable bonds is 3. The van der Waals surface area contributed by atoms with Crippen molar-refractivity contribution in [2.24, 2.45) is 0 Å². The summed E-state index contributed by atoms with van der Waals surface area (Å²) in [7, 11) is 1.71. The van der Waals surface area contributed by atoms with Crippen molar-refractivity contribution < 1.29 is 9.47 Å². The SMILES string of the molecule is COc1c(C)cc(C2(CCl)COC2)cc1C. The van der Waals surface area contributed by atoms with Gasteiger partial charge < -0.3 is 9.47 Å². The topological polar surface area (TPSA) is 18.5 Å². The molecule has 1 heterocycles. The van der Waals surface area contributed by atoms with Crippen LogP contribution in [-0.4, -0.2) is 26.2 Å². The lowest BCUT2D eigenvalue weighted by atomic mass is 9.79. The third-order valence-corrected chi connectivity index (χ3v) is 3.80. The minimum Gasteiger partial charge on any atom is -0.496 e. The summed E-state index contributed by atoms with van der Waals surface area (Å²) in [4.78, 5) is 0. The molecule has 0 aromatic heterocycles. The predicted molar refractivity (Wildman–Crippen MR) is 65.7 cm³/mol. The smallest absolute Gasteiger partial charge is 0.124 e. The molecular weight excluding hydrogens is 224 g/mol. The lowest BCUT2D eigenvalue weighted by Crippen LogP contribution is -2.48. The first kappa shape index (κ1) is 11.7. The Morgan fingerprint density at radius 1 is 1.31 bits per heavy atom.